The van der Waals surface area contributed by atoms with Crippen molar-refractivity contribution in [3.63, 3.8) is 0 Å². The summed E-state index contributed by atoms with van der Waals surface area (Å²) in [5.41, 5.74) is 2.32. The van der Waals surface area contributed by atoms with Gasteiger partial charge in [0, 0.05) is 37.5 Å². The molecule has 0 amide bonds. The third-order valence-electron chi connectivity index (χ3n) is 4.87. The summed E-state index contributed by atoms with van der Waals surface area (Å²) in [5.74, 6) is 3.03. The molecule has 146 valence electrons. The molecule has 1 aromatic heterocycles. The van der Waals surface area contributed by atoms with Gasteiger partial charge in [-0.3, -0.25) is 4.99 Å². The number of rotatable bonds is 6. The third-order valence-corrected chi connectivity index (χ3v) is 5.92. The zero-order valence-corrected chi connectivity index (χ0v) is 17.3. The number of nitrogens with zero attached hydrogens (tertiary/aromatic N) is 3. The van der Waals surface area contributed by atoms with E-state index in [4.69, 9.17) is 9.47 Å². The van der Waals surface area contributed by atoms with Gasteiger partial charge in [-0.2, -0.15) is 0 Å². The number of benzene rings is 1. The second kappa shape index (κ2) is 9.08. The number of methoxy groups -OCH3 is 2. The third kappa shape index (κ3) is 4.71. The maximum absolute atomic E-state index is 5.42. The number of nitrogens with one attached hydrogen (secondary N) is 1. The highest BCUT2D eigenvalue weighted by molar-refractivity contribution is 7.09. The Labute approximate surface area is 165 Å². The molecule has 1 unspecified atom stereocenters. The molecule has 1 atom stereocenters. The number of aryl methyl sites for hydroxylation is 1. The number of aromatic nitrogens is 1. The minimum Gasteiger partial charge on any atom is -0.497 e. The molecule has 6 nitrogen and oxygen atoms in total. The molecule has 3 rings (SSSR count). The van der Waals surface area contributed by atoms with E-state index in [0.29, 0.717) is 12.5 Å². The Hall–Kier alpha value is -2.28. The van der Waals surface area contributed by atoms with Crippen LogP contribution in [0.2, 0.25) is 0 Å². The summed E-state index contributed by atoms with van der Waals surface area (Å²) < 4.78 is 10.8. The van der Waals surface area contributed by atoms with Crippen LogP contribution in [0.1, 0.15) is 35.5 Å². The minimum absolute atomic E-state index is 0.429. The predicted molar refractivity (Wildman–Crippen MR) is 110 cm³/mol. The summed E-state index contributed by atoms with van der Waals surface area (Å²) in [4.78, 5) is 11.4. The normalized spacial score (nSPS) is 17.3. The summed E-state index contributed by atoms with van der Waals surface area (Å²) in [6, 6.07) is 6.12. The fourth-order valence-corrected chi connectivity index (χ4v) is 4.13. The van der Waals surface area contributed by atoms with Gasteiger partial charge in [-0.05, 0) is 30.5 Å². The van der Waals surface area contributed by atoms with E-state index < -0.39 is 0 Å². The topological polar surface area (TPSA) is 59.0 Å². The molecule has 0 aliphatic carbocycles. The fourth-order valence-electron chi connectivity index (χ4n) is 3.38. The molecule has 0 saturated carbocycles. The first-order valence-electron chi connectivity index (χ1n) is 9.28. The van der Waals surface area contributed by atoms with Crippen LogP contribution in [-0.2, 0) is 13.0 Å². The second-order valence-corrected chi connectivity index (χ2v) is 7.51. The van der Waals surface area contributed by atoms with Crippen molar-refractivity contribution in [2.45, 2.75) is 32.2 Å². The number of hydrogen-bond acceptors (Lipinski definition) is 5. The molecule has 0 bridgehead atoms. The number of thiazole rings is 1. The predicted octanol–water partition coefficient (Wildman–Crippen LogP) is 3.29. The van der Waals surface area contributed by atoms with Gasteiger partial charge in [0.15, 0.2) is 5.96 Å². The van der Waals surface area contributed by atoms with Crippen LogP contribution < -0.4 is 14.8 Å². The maximum Gasteiger partial charge on any atom is 0.193 e. The maximum atomic E-state index is 5.42. The van der Waals surface area contributed by atoms with Gasteiger partial charge in [-0.1, -0.05) is 6.92 Å². The van der Waals surface area contributed by atoms with Crippen LogP contribution in [0.3, 0.4) is 0 Å². The molecular weight excluding hydrogens is 360 g/mol. The number of guanidine groups is 1. The summed E-state index contributed by atoms with van der Waals surface area (Å²) in [6.07, 6.45) is 2.06. The first-order chi connectivity index (χ1) is 13.2. The van der Waals surface area contributed by atoms with Crippen molar-refractivity contribution in [2.24, 2.45) is 4.99 Å². The molecule has 1 aromatic carbocycles. The van der Waals surface area contributed by atoms with Crippen molar-refractivity contribution in [2.75, 3.05) is 34.4 Å². The van der Waals surface area contributed by atoms with Crippen LogP contribution in [-0.4, -0.2) is 50.2 Å². The molecule has 1 fully saturated rings. The standard InChI is InChI=1S/C20H28N4O2S/c1-5-19-23-16(13-27-19)11-22-20(21-2)24-7-6-14(12-24)15-8-17(25-3)10-18(9-15)26-4/h8-10,13-14H,5-7,11-12H2,1-4H3,(H,21,22). The van der Waals surface area contributed by atoms with E-state index in [-0.39, 0.29) is 0 Å². The van der Waals surface area contributed by atoms with Crippen LogP contribution in [0.15, 0.2) is 28.6 Å². The van der Waals surface area contributed by atoms with Gasteiger partial charge in [-0.25, -0.2) is 4.98 Å². The van der Waals surface area contributed by atoms with Gasteiger partial charge >= 0.3 is 0 Å². The highest BCUT2D eigenvalue weighted by atomic mass is 32.1. The lowest BCUT2D eigenvalue weighted by Gasteiger charge is -2.21. The van der Waals surface area contributed by atoms with Crippen molar-refractivity contribution >= 4 is 17.3 Å². The number of likely N-dealkylation sites (tertiary alicyclic amines) is 1. The van der Waals surface area contributed by atoms with Crippen molar-refractivity contribution < 1.29 is 9.47 Å². The van der Waals surface area contributed by atoms with E-state index in [1.165, 1.54) is 10.6 Å². The highest BCUT2D eigenvalue weighted by Crippen LogP contribution is 2.32. The highest BCUT2D eigenvalue weighted by Gasteiger charge is 2.27. The van der Waals surface area contributed by atoms with Crippen LogP contribution in [0.5, 0.6) is 11.5 Å². The van der Waals surface area contributed by atoms with Crippen molar-refractivity contribution in [1.29, 1.82) is 0 Å². The van der Waals surface area contributed by atoms with Crippen LogP contribution in [0.25, 0.3) is 0 Å². The average molecular weight is 389 g/mol. The summed E-state index contributed by atoms with van der Waals surface area (Å²) in [6.45, 7) is 4.73. The van der Waals surface area contributed by atoms with Gasteiger partial charge in [0.05, 0.1) is 31.5 Å². The Kier molecular flexibility index (Phi) is 6.55. The van der Waals surface area contributed by atoms with Gasteiger partial charge in [-0.15, -0.1) is 11.3 Å². The zero-order chi connectivity index (χ0) is 19.2. The Morgan fingerprint density at radius 2 is 2.04 bits per heavy atom. The summed E-state index contributed by atoms with van der Waals surface area (Å²) in [7, 11) is 5.21. The Balaban J connectivity index is 1.63. The molecular formula is C20H28N4O2S. The molecule has 7 heteroatoms. The molecule has 1 saturated heterocycles. The van der Waals surface area contributed by atoms with Gasteiger partial charge in [0.2, 0.25) is 0 Å². The summed E-state index contributed by atoms with van der Waals surface area (Å²) in [5, 5.41) is 6.75. The molecule has 0 radical (unpaired) electrons. The van der Waals surface area contributed by atoms with Crippen molar-refractivity contribution in [3.05, 3.63) is 39.8 Å². The molecule has 1 aliphatic rings. The first kappa shape index (κ1) is 19.5. The minimum atomic E-state index is 0.429. The smallest absolute Gasteiger partial charge is 0.193 e. The monoisotopic (exact) mass is 388 g/mol. The largest absolute Gasteiger partial charge is 0.497 e. The molecule has 2 aromatic rings. The van der Waals surface area contributed by atoms with Crippen LogP contribution in [0, 0.1) is 0 Å². The van der Waals surface area contributed by atoms with Crippen molar-refractivity contribution in [3.8, 4) is 11.5 Å². The quantitative estimate of drug-likeness (QED) is 0.608. The molecule has 1 N–H and O–H groups in total. The number of ether oxygens (including phenoxy) is 2. The fraction of sp³-hybridized carbons (Fsp3) is 0.500. The second-order valence-electron chi connectivity index (χ2n) is 6.56. The SMILES string of the molecule is CCc1nc(CNC(=NC)N2CCC(c3cc(OC)cc(OC)c3)C2)cs1. The van der Waals surface area contributed by atoms with Crippen LogP contribution >= 0.6 is 11.3 Å². The van der Waals surface area contributed by atoms with E-state index in [9.17, 15) is 0 Å². The van der Waals surface area contributed by atoms with Crippen LogP contribution in [0.4, 0.5) is 0 Å². The molecule has 1 aliphatic heterocycles. The Morgan fingerprint density at radius 3 is 2.63 bits per heavy atom. The lowest BCUT2D eigenvalue weighted by Crippen LogP contribution is -2.39. The zero-order valence-electron chi connectivity index (χ0n) is 16.5. The van der Waals surface area contributed by atoms with E-state index in [1.807, 2.05) is 13.1 Å². The van der Waals surface area contributed by atoms with Gasteiger partial charge < -0.3 is 19.7 Å². The number of hydrogen-bond donors (Lipinski definition) is 1. The van der Waals surface area contributed by atoms with E-state index in [2.05, 4.69) is 44.6 Å². The van der Waals surface area contributed by atoms with Gasteiger partial charge in [0.25, 0.3) is 0 Å². The van der Waals surface area contributed by atoms with Gasteiger partial charge in [0.1, 0.15) is 11.5 Å². The van der Waals surface area contributed by atoms with Crippen molar-refractivity contribution in [1.82, 2.24) is 15.2 Å². The first-order valence-corrected chi connectivity index (χ1v) is 10.2. The Bertz CT molecular complexity index is 768. The Morgan fingerprint density at radius 1 is 1.30 bits per heavy atom. The average Bonchev–Trinajstić information content (AvgIpc) is 3.38. The number of aliphatic imine (C=N–C) groups is 1. The summed E-state index contributed by atoms with van der Waals surface area (Å²) >= 11 is 1.72. The van der Waals surface area contributed by atoms with E-state index in [1.54, 1.807) is 25.6 Å². The molecule has 0 spiro atoms. The lowest BCUT2D eigenvalue weighted by molar-refractivity contribution is 0.392. The molecule has 2 heterocycles. The lowest BCUT2D eigenvalue weighted by atomic mass is 9.98. The van der Waals surface area contributed by atoms with E-state index >= 15 is 0 Å². The molecule has 27 heavy (non-hydrogen) atoms. The van der Waals surface area contributed by atoms with E-state index in [0.717, 1.165) is 49.1 Å².